The maximum Gasteiger partial charge on any atom is 0.312 e. The Morgan fingerprint density at radius 1 is 1.04 bits per heavy atom. The molecule has 4 heteroatoms. The van der Waals surface area contributed by atoms with Crippen molar-refractivity contribution < 1.29 is 19.0 Å². The zero-order valence-corrected chi connectivity index (χ0v) is 16.3. The molecule has 0 amide bonds. The average molecular weight is 368 g/mol. The van der Waals surface area contributed by atoms with Crippen LogP contribution in [0.15, 0.2) is 54.6 Å². The minimum Gasteiger partial charge on any atom is -0.497 e. The molecule has 0 bridgehead atoms. The van der Waals surface area contributed by atoms with Crippen LogP contribution in [0.4, 0.5) is 0 Å². The summed E-state index contributed by atoms with van der Waals surface area (Å²) in [5, 5.41) is 0. The van der Waals surface area contributed by atoms with Crippen molar-refractivity contribution in [1.82, 2.24) is 0 Å². The molecular weight excluding hydrogens is 340 g/mol. The van der Waals surface area contributed by atoms with Gasteiger partial charge in [-0.3, -0.25) is 4.79 Å². The van der Waals surface area contributed by atoms with Gasteiger partial charge in [0.25, 0.3) is 0 Å². The Bertz CT molecular complexity index is 726. The van der Waals surface area contributed by atoms with Gasteiger partial charge in [-0.15, -0.1) is 0 Å². The van der Waals surface area contributed by atoms with Gasteiger partial charge >= 0.3 is 5.97 Å². The van der Waals surface area contributed by atoms with E-state index in [4.69, 9.17) is 14.2 Å². The molecule has 0 radical (unpaired) electrons. The molecule has 1 heterocycles. The summed E-state index contributed by atoms with van der Waals surface area (Å²) < 4.78 is 16.9. The number of cyclic esters (lactones) is 1. The summed E-state index contributed by atoms with van der Waals surface area (Å²) in [6.45, 7) is 4.59. The van der Waals surface area contributed by atoms with E-state index in [-0.39, 0.29) is 30.0 Å². The molecule has 2 aromatic carbocycles. The quantitative estimate of drug-likeness (QED) is 0.615. The van der Waals surface area contributed by atoms with Crippen LogP contribution in [-0.2, 0) is 27.3 Å². The van der Waals surface area contributed by atoms with Gasteiger partial charge in [-0.2, -0.15) is 0 Å². The van der Waals surface area contributed by atoms with E-state index in [0.717, 1.165) is 24.2 Å². The minimum absolute atomic E-state index is 0.0212. The highest BCUT2D eigenvalue weighted by molar-refractivity contribution is 5.78. The highest BCUT2D eigenvalue weighted by atomic mass is 16.6. The van der Waals surface area contributed by atoms with Gasteiger partial charge < -0.3 is 14.2 Å². The number of methoxy groups -OCH3 is 1. The van der Waals surface area contributed by atoms with Gasteiger partial charge in [0.05, 0.1) is 25.7 Å². The summed E-state index contributed by atoms with van der Waals surface area (Å²) in [6, 6.07) is 18.3. The Kier molecular flexibility index (Phi) is 6.51. The SMILES string of the molecule is COc1ccc(CO[C@@H](CCc2ccccc2)[C@@H](C)[C@H]2OC(=O)[C@@H]2C)cc1. The van der Waals surface area contributed by atoms with Crippen LogP contribution in [0, 0.1) is 11.8 Å². The fourth-order valence-electron chi connectivity index (χ4n) is 3.56. The second-order valence-electron chi connectivity index (χ2n) is 7.27. The molecule has 27 heavy (non-hydrogen) atoms. The van der Waals surface area contributed by atoms with Crippen LogP contribution in [0.5, 0.6) is 5.75 Å². The number of ether oxygens (including phenoxy) is 3. The number of carbonyl (C=O) groups excluding carboxylic acids is 1. The molecule has 1 aliphatic heterocycles. The van der Waals surface area contributed by atoms with Crippen molar-refractivity contribution in [1.29, 1.82) is 0 Å². The maximum atomic E-state index is 11.5. The number of benzene rings is 2. The van der Waals surface area contributed by atoms with Crippen LogP contribution in [-0.4, -0.2) is 25.3 Å². The largest absolute Gasteiger partial charge is 0.497 e. The van der Waals surface area contributed by atoms with Crippen LogP contribution in [0.3, 0.4) is 0 Å². The number of hydrogen-bond donors (Lipinski definition) is 0. The second-order valence-corrected chi connectivity index (χ2v) is 7.27. The lowest BCUT2D eigenvalue weighted by atomic mass is 9.83. The summed E-state index contributed by atoms with van der Waals surface area (Å²) in [7, 11) is 1.66. The zero-order chi connectivity index (χ0) is 19.2. The Hall–Kier alpha value is -2.33. The third-order valence-corrected chi connectivity index (χ3v) is 5.40. The monoisotopic (exact) mass is 368 g/mol. The molecule has 0 spiro atoms. The third-order valence-electron chi connectivity index (χ3n) is 5.40. The van der Waals surface area contributed by atoms with Crippen molar-refractivity contribution in [2.45, 2.75) is 45.5 Å². The first-order valence-electron chi connectivity index (χ1n) is 9.57. The Balaban J connectivity index is 1.63. The van der Waals surface area contributed by atoms with Gasteiger partial charge in [-0.25, -0.2) is 0 Å². The number of carbonyl (C=O) groups is 1. The molecule has 0 unspecified atom stereocenters. The van der Waals surface area contributed by atoms with Gasteiger partial charge in [0, 0.05) is 5.92 Å². The van der Waals surface area contributed by atoms with E-state index in [2.05, 4.69) is 31.2 Å². The highest BCUT2D eigenvalue weighted by Crippen LogP contribution is 2.33. The van der Waals surface area contributed by atoms with Crippen LogP contribution in [0.1, 0.15) is 31.4 Å². The van der Waals surface area contributed by atoms with Crippen LogP contribution in [0.25, 0.3) is 0 Å². The van der Waals surface area contributed by atoms with E-state index in [1.54, 1.807) is 7.11 Å². The van der Waals surface area contributed by atoms with E-state index >= 15 is 0 Å². The average Bonchev–Trinajstić information content (AvgIpc) is 2.72. The van der Waals surface area contributed by atoms with Crippen molar-refractivity contribution in [2.24, 2.45) is 11.8 Å². The van der Waals surface area contributed by atoms with E-state index in [1.807, 2.05) is 37.3 Å². The number of esters is 1. The molecule has 144 valence electrons. The maximum absolute atomic E-state index is 11.5. The Labute approximate surface area is 161 Å². The van der Waals surface area contributed by atoms with E-state index in [0.29, 0.717) is 6.61 Å². The second kappa shape index (κ2) is 9.05. The molecule has 4 atom stereocenters. The van der Waals surface area contributed by atoms with Gasteiger partial charge in [-0.05, 0) is 43.0 Å². The predicted molar refractivity (Wildman–Crippen MR) is 105 cm³/mol. The number of rotatable bonds is 9. The Morgan fingerprint density at radius 3 is 2.33 bits per heavy atom. The zero-order valence-electron chi connectivity index (χ0n) is 16.3. The lowest BCUT2D eigenvalue weighted by Crippen LogP contribution is -2.50. The Morgan fingerprint density at radius 2 is 1.74 bits per heavy atom. The summed E-state index contributed by atoms with van der Waals surface area (Å²) in [5.41, 5.74) is 2.40. The van der Waals surface area contributed by atoms with Crippen molar-refractivity contribution in [3.63, 3.8) is 0 Å². The lowest BCUT2D eigenvalue weighted by molar-refractivity contribution is -0.196. The first-order valence-corrected chi connectivity index (χ1v) is 9.57. The van der Waals surface area contributed by atoms with Crippen molar-refractivity contribution in [2.75, 3.05) is 7.11 Å². The summed E-state index contributed by atoms with van der Waals surface area (Å²) in [4.78, 5) is 11.5. The molecule has 0 saturated carbocycles. The molecule has 4 nitrogen and oxygen atoms in total. The first kappa shape index (κ1) is 19.4. The summed E-state index contributed by atoms with van der Waals surface area (Å²) in [5.74, 6) is 0.829. The van der Waals surface area contributed by atoms with Crippen molar-refractivity contribution in [3.8, 4) is 5.75 Å². The topological polar surface area (TPSA) is 44.8 Å². The minimum atomic E-state index is -0.108. The molecular formula is C23H28O4. The molecule has 0 aromatic heterocycles. The molecule has 1 aliphatic rings. The van der Waals surface area contributed by atoms with E-state index < -0.39 is 0 Å². The van der Waals surface area contributed by atoms with Crippen LogP contribution in [0.2, 0.25) is 0 Å². The fourth-order valence-corrected chi connectivity index (χ4v) is 3.56. The molecule has 0 N–H and O–H groups in total. The standard InChI is InChI=1S/C23H28O4/c1-16(22-17(2)23(24)27-22)21(14-11-18-7-5-4-6-8-18)26-15-19-9-12-20(25-3)13-10-19/h4-10,12-13,16-17,21-22H,11,14-15H2,1-3H3/t16-,17-,21+,22-/m1/s1. The van der Waals surface area contributed by atoms with Crippen LogP contribution >= 0.6 is 0 Å². The van der Waals surface area contributed by atoms with E-state index in [1.165, 1.54) is 5.56 Å². The lowest BCUT2D eigenvalue weighted by Gasteiger charge is -2.40. The predicted octanol–water partition coefficient (Wildman–Crippen LogP) is 4.41. The summed E-state index contributed by atoms with van der Waals surface area (Å²) in [6.07, 6.45) is 1.79. The summed E-state index contributed by atoms with van der Waals surface area (Å²) >= 11 is 0. The number of hydrogen-bond acceptors (Lipinski definition) is 4. The highest BCUT2D eigenvalue weighted by Gasteiger charge is 2.44. The molecule has 1 fully saturated rings. The normalized spacial score (nSPS) is 21.1. The van der Waals surface area contributed by atoms with Gasteiger partial charge in [0.1, 0.15) is 11.9 Å². The van der Waals surface area contributed by atoms with Crippen molar-refractivity contribution >= 4 is 5.97 Å². The van der Waals surface area contributed by atoms with E-state index in [9.17, 15) is 4.79 Å². The van der Waals surface area contributed by atoms with Gasteiger partial charge in [0.15, 0.2) is 0 Å². The van der Waals surface area contributed by atoms with Crippen LogP contribution < -0.4 is 4.74 Å². The van der Waals surface area contributed by atoms with Gasteiger partial charge in [-0.1, -0.05) is 49.4 Å². The number of aryl methyl sites for hydroxylation is 1. The molecule has 2 aromatic rings. The molecule has 0 aliphatic carbocycles. The van der Waals surface area contributed by atoms with Crippen molar-refractivity contribution in [3.05, 3.63) is 65.7 Å². The first-order chi connectivity index (χ1) is 13.1. The third kappa shape index (κ3) is 4.89. The van der Waals surface area contributed by atoms with Gasteiger partial charge in [0.2, 0.25) is 0 Å². The smallest absolute Gasteiger partial charge is 0.312 e. The fraction of sp³-hybridized carbons (Fsp3) is 0.435. The molecule has 1 saturated heterocycles. The molecule has 3 rings (SSSR count).